The van der Waals surface area contributed by atoms with E-state index in [9.17, 15) is 0 Å². The van der Waals surface area contributed by atoms with Crippen LogP contribution in [0, 0.1) is 6.92 Å². The van der Waals surface area contributed by atoms with Gasteiger partial charge in [-0.15, -0.1) is 0 Å². The smallest absolute Gasteiger partial charge is 0.130 e. The van der Waals surface area contributed by atoms with Crippen LogP contribution in [-0.4, -0.2) is 11.0 Å². The van der Waals surface area contributed by atoms with E-state index in [0.29, 0.717) is 12.6 Å². The third-order valence-electron chi connectivity index (χ3n) is 3.61. The Hall–Kier alpha value is -1.39. The zero-order chi connectivity index (χ0) is 14.7. The summed E-state index contributed by atoms with van der Waals surface area (Å²) < 4.78 is 7.01. The Morgan fingerprint density at radius 2 is 2.14 bits per heavy atom. The average molecular weight is 347 g/mol. The van der Waals surface area contributed by atoms with Gasteiger partial charge in [0.1, 0.15) is 12.4 Å². The maximum Gasteiger partial charge on any atom is 0.130 e. The number of halogens is 1. The summed E-state index contributed by atoms with van der Waals surface area (Å²) in [5, 5.41) is 3.54. The summed E-state index contributed by atoms with van der Waals surface area (Å²) in [5.74, 6) is 0.982. The zero-order valence-corrected chi connectivity index (χ0v) is 13.7. The Kier molecular flexibility index (Phi) is 4.56. The number of hydrogen-bond donors (Lipinski definition) is 1. The van der Waals surface area contributed by atoms with Crippen molar-refractivity contribution in [1.29, 1.82) is 0 Å². The van der Waals surface area contributed by atoms with Crippen molar-refractivity contribution in [3.63, 3.8) is 0 Å². The third-order valence-corrected chi connectivity index (χ3v) is 4.07. The van der Waals surface area contributed by atoms with Gasteiger partial charge in [0, 0.05) is 28.8 Å². The van der Waals surface area contributed by atoms with E-state index in [2.05, 4.69) is 51.4 Å². The van der Waals surface area contributed by atoms with E-state index in [4.69, 9.17) is 4.74 Å². The van der Waals surface area contributed by atoms with Crippen LogP contribution in [0.15, 0.2) is 41.0 Å². The lowest BCUT2D eigenvalue weighted by molar-refractivity contribution is 0.295. The number of benzene rings is 1. The van der Waals surface area contributed by atoms with Crippen LogP contribution in [0.3, 0.4) is 0 Å². The molecule has 0 amide bonds. The maximum absolute atomic E-state index is 6.03. The number of pyridine rings is 1. The Morgan fingerprint density at radius 1 is 1.29 bits per heavy atom. The first kappa shape index (κ1) is 14.5. The predicted octanol–water partition coefficient (Wildman–Crippen LogP) is 3.98. The highest BCUT2D eigenvalue weighted by Gasteiger charge is 2.20. The molecule has 1 aromatic heterocycles. The van der Waals surface area contributed by atoms with Gasteiger partial charge in [0.2, 0.25) is 0 Å². The standard InChI is InChI=1S/C17H19BrN2O/c1-12-3-2-4-13(9-19-15-7-8-15)17(12)21-11-16-6-5-14(18)10-20-16/h2-6,10,15,19H,7-9,11H2,1H3. The molecule has 0 unspecified atom stereocenters. The fourth-order valence-corrected chi connectivity index (χ4v) is 2.47. The van der Waals surface area contributed by atoms with Crippen molar-refractivity contribution in [2.45, 2.75) is 39.0 Å². The number of hydrogen-bond acceptors (Lipinski definition) is 3. The molecule has 1 saturated carbocycles. The second kappa shape index (κ2) is 6.58. The number of ether oxygens (including phenoxy) is 1. The monoisotopic (exact) mass is 346 g/mol. The Labute approximate surface area is 133 Å². The zero-order valence-electron chi connectivity index (χ0n) is 12.1. The van der Waals surface area contributed by atoms with Crippen molar-refractivity contribution in [2.75, 3.05) is 0 Å². The molecule has 0 spiro atoms. The first-order valence-corrected chi connectivity index (χ1v) is 8.07. The molecule has 0 aliphatic heterocycles. The molecule has 0 saturated heterocycles. The fourth-order valence-electron chi connectivity index (χ4n) is 2.24. The van der Waals surface area contributed by atoms with Crippen LogP contribution in [0.1, 0.15) is 29.7 Å². The normalized spacial score (nSPS) is 14.2. The first-order valence-electron chi connectivity index (χ1n) is 7.27. The van der Waals surface area contributed by atoms with Crippen LogP contribution in [0.4, 0.5) is 0 Å². The van der Waals surface area contributed by atoms with E-state index < -0.39 is 0 Å². The molecule has 3 rings (SSSR count). The van der Waals surface area contributed by atoms with E-state index in [1.165, 1.54) is 24.0 Å². The summed E-state index contributed by atoms with van der Waals surface area (Å²) in [6.07, 6.45) is 4.39. The lowest BCUT2D eigenvalue weighted by Crippen LogP contribution is -2.16. The van der Waals surface area contributed by atoms with Gasteiger partial charge in [0.15, 0.2) is 0 Å². The van der Waals surface area contributed by atoms with Gasteiger partial charge in [-0.05, 0) is 53.4 Å². The van der Waals surface area contributed by atoms with E-state index in [1.807, 2.05) is 12.1 Å². The number of para-hydroxylation sites is 1. The summed E-state index contributed by atoms with van der Waals surface area (Å²) >= 11 is 3.39. The molecular weight excluding hydrogens is 328 g/mol. The number of nitrogens with zero attached hydrogens (tertiary/aromatic N) is 1. The van der Waals surface area contributed by atoms with Crippen molar-refractivity contribution in [3.8, 4) is 5.75 Å². The number of nitrogens with one attached hydrogen (secondary N) is 1. The molecule has 4 heteroatoms. The minimum absolute atomic E-state index is 0.495. The van der Waals surface area contributed by atoms with Gasteiger partial charge < -0.3 is 10.1 Å². The van der Waals surface area contributed by atoms with Gasteiger partial charge in [-0.3, -0.25) is 4.98 Å². The van der Waals surface area contributed by atoms with Gasteiger partial charge in [-0.1, -0.05) is 18.2 Å². The Balaban J connectivity index is 1.69. The van der Waals surface area contributed by atoms with E-state index in [1.54, 1.807) is 6.20 Å². The molecule has 0 radical (unpaired) electrons. The molecule has 1 aliphatic rings. The minimum atomic E-state index is 0.495. The Bertz CT molecular complexity index is 609. The molecule has 1 N–H and O–H groups in total. The van der Waals surface area contributed by atoms with Crippen LogP contribution in [0.25, 0.3) is 0 Å². The second-order valence-electron chi connectivity index (χ2n) is 5.47. The maximum atomic E-state index is 6.03. The summed E-state index contributed by atoms with van der Waals surface area (Å²) in [6.45, 7) is 3.45. The van der Waals surface area contributed by atoms with E-state index in [-0.39, 0.29) is 0 Å². The Morgan fingerprint density at radius 3 is 2.86 bits per heavy atom. The molecule has 1 fully saturated rings. The largest absolute Gasteiger partial charge is 0.487 e. The van der Waals surface area contributed by atoms with Gasteiger partial charge in [0.25, 0.3) is 0 Å². The molecule has 21 heavy (non-hydrogen) atoms. The molecule has 1 aromatic carbocycles. The van der Waals surface area contributed by atoms with Crippen LogP contribution >= 0.6 is 15.9 Å². The van der Waals surface area contributed by atoms with E-state index in [0.717, 1.165) is 22.5 Å². The van der Waals surface area contributed by atoms with Gasteiger partial charge in [-0.25, -0.2) is 0 Å². The SMILES string of the molecule is Cc1cccc(CNC2CC2)c1OCc1ccc(Br)cn1. The predicted molar refractivity (Wildman–Crippen MR) is 87.3 cm³/mol. The minimum Gasteiger partial charge on any atom is -0.487 e. The topological polar surface area (TPSA) is 34.1 Å². The van der Waals surface area contributed by atoms with Crippen LogP contribution in [0.2, 0.25) is 0 Å². The van der Waals surface area contributed by atoms with Crippen LogP contribution in [-0.2, 0) is 13.2 Å². The third kappa shape index (κ3) is 4.05. The van der Waals surface area contributed by atoms with Crippen LogP contribution < -0.4 is 10.1 Å². The number of rotatable bonds is 6. The van der Waals surface area contributed by atoms with Crippen LogP contribution in [0.5, 0.6) is 5.75 Å². The highest BCUT2D eigenvalue weighted by molar-refractivity contribution is 9.10. The molecule has 0 bridgehead atoms. The lowest BCUT2D eigenvalue weighted by atomic mass is 10.1. The van der Waals surface area contributed by atoms with Gasteiger partial charge in [0.05, 0.1) is 5.69 Å². The van der Waals surface area contributed by atoms with Crippen molar-refractivity contribution in [1.82, 2.24) is 10.3 Å². The lowest BCUT2D eigenvalue weighted by Gasteiger charge is -2.14. The molecule has 1 heterocycles. The van der Waals surface area contributed by atoms with Crippen molar-refractivity contribution in [3.05, 3.63) is 57.8 Å². The number of aromatic nitrogens is 1. The first-order chi connectivity index (χ1) is 10.2. The summed E-state index contributed by atoms with van der Waals surface area (Å²) in [6, 6.07) is 11.0. The van der Waals surface area contributed by atoms with E-state index >= 15 is 0 Å². The molecule has 2 aromatic rings. The average Bonchev–Trinajstić information content (AvgIpc) is 3.30. The molecule has 3 nitrogen and oxygen atoms in total. The van der Waals surface area contributed by atoms with Gasteiger partial charge >= 0.3 is 0 Å². The second-order valence-corrected chi connectivity index (χ2v) is 6.39. The molecule has 110 valence electrons. The molecular formula is C17H19BrN2O. The quantitative estimate of drug-likeness (QED) is 0.858. The van der Waals surface area contributed by atoms with Crippen molar-refractivity contribution in [2.24, 2.45) is 0 Å². The summed E-state index contributed by atoms with van der Waals surface area (Å²) in [5.41, 5.74) is 3.32. The van der Waals surface area contributed by atoms with Crippen molar-refractivity contribution >= 4 is 15.9 Å². The molecule has 0 atom stereocenters. The van der Waals surface area contributed by atoms with Gasteiger partial charge in [-0.2, -0.15) is 0 Å². The van der Waals surface area contributed by atoms with Crippen molar-refractivity contribution < 1.29 is 4.74 Å². The molecule has 1 aliphatic carbocycles. The fraction of sp³-hybridized carbons (Fsp3) is 0.353. The summed E-state index contributed by atoms with van der Waals surface area (Å²) in [4.78, 5) is 4.35. The number of aryl methyl sites for hydroxylation is 1. The highest BCUT2D eigenvalue weighted by atomic mass is 79.9. The highest BCUT2D eigenvalue weighted by Crippen LogP contribution is 2.26. The summed E-state index contributed by atoms with van der Waals surface area (Å²) in [7, 11) is 0.